The molecule has 0 fully saturated rings. The maximum absolute atomic E-state index is 12.4. The van der Waals surface area contributed by atoms with Crippen LogP contribution in [0.3, 0.4) is 0 Å². The third-order valence-corrected chi connectivity index (χ3v) is 4.26. The molecule has 7 heteroatoms. The Morgan fingerprint density at radius 3 is 2.07 bits per heavy atom. The second-order valence-electron chi connectivity index (χ2n) is 6.46. The highest BCUT2D eigenvalue weighted by atomic mass is 16.5. The van der Waals surface area contributed by atoms with Crippen molar-refractivity contribution in [1.82, 2.24) is 5.32 Å². The fourth-order valence-corrected chi connectivity index (χ4v) is 2.79. The molecule has 0 aliphatic carbocycles. The maximum Gasteiger partial charge on any atom is 0.303 e. The average Bonchev–Trinajstić information content (AvgIpc) is 2.74. The van der Waals surface area contributed by atoms with E-state index in [-0.39, 0.29) is 18.7 Å². The van der Waals surface area contributed by atoms with Gasteiger partial charge in [-0.05, 0) is 41.8 Å². The van der Waals surface area contributed by atoms with Crippen LogP contribution in [0.2, 0.25) is 0 Å². The molecule has 2 aromatic carbocycles. The van der Waals surface area contributed by atoms with E-state index in [4.69, 9.17) is 19.3 Å². The van der Waals surface area contributed by atoms with Gasteiger partial charge in [0, 0.05) is 12.5 Å². The van der Waals surface area contributed by atoms with Crippen LogP contribution in [0.25, 0.3) is 0 Å². The summed E-state index contributed by atoms with van der Waals surface area (Å²) in [5.41, 5.74) is 1.58. The maximum atomic E-state index is 12.4. The molecule has 156 valence electrons. The molecule has 0 heterocycles. The lowest BCUT2D eigenvalue weighted by molar-refractivity contribution is -0.138. The van der Waals surface area contributed by atoms with Gasteiger partial charge in [-0.2, -0.15) is 0 Å². The third-order valence-electron chi connectivity index (χ3n) is 4.26. The van der Waals surface area contributed by atoms with Crippen molar-refractivity contribution in [2.45, 2.75) is 32.2 Å². The van der Waals surface area contributed by atoms with Crippen LogP contribution in [0.1, 0.15) is 43.4 Å². The number of aliphatic carboxylic acids is 1. The summed E-state index contributed by atoms with van der Waals surface area (Å²) in [6, 6.07) is 12.3. The second-order valence-corrected chi connectivity index (χ2v) is 6.46. The molecule has 0 aliphatic rings. The zero-order valence-corrected chi connectivity index (χ0v) is 16.9. The van der Waals surface area contributed by atoms with Crippen LogP contribution < -0.4 is 19.5 Å². The van der Waals surface area contributed by atoms with Gasteiger partial charge in [0.05, 0.1) is 33.3 Å². The molecular formula is C22H27NO6. The summed E-state index contributed by atoms with van der Waals surface area (Å²) in [5.74, 6) is 0.552. The van der Waals surface area contributed by atoms with E-state index in [1.807, 2.05) is 43.3 Å². The molecule has 2 rings (SSSR count). The number of hydrogen-bond acceptors (Lipinski definition) is 5. The molecule has 0 bridgehead atoms. The predicted octanol–water partition coefficient (Wildman–Crippen LogP) is 3.56. The number of amides is 1. The number of ether oxygens (including phenoxy) is 3. The number of methoxy groups -OCH3 is 2. The van der Waals surface area contributed by atoms with Crippen molar-refractivity contribution in [3.63, 3.8) is 0 Å². The predicted molar refractivity (Wildman–Crippen MR) is 109 cm³/mol. The minimum absolute atomic E-state index is 0.107. The summed E-state index contributed by atoms with van der Waals surface area (Å²) in [4.78, 5) is 23.2. The summed E-state index contributed by atoms with van der Waals surface area (Å²) in [5, 5.41) is 11.8. The number of carbonyl (C=O) groups is 2. The van der Waals surface area contributed by atoms with Crippen molar-refractivity contribution < 1.29 is 28.9 Å². The minimum Gasteiger partial charge on any atom is -0.497 e. The lowest BCUT2D eigenvalue weighted by atomic mass is 9.97. The van der Waals surface area contributed by atoms with Crippen molar-refractivity contribution in [1.29, 1.82) is 0 Å². The van der Waals surface area contributed by atoms with E-state index in [0.717, 1.165) is 23.3 Å². The van der Waals surface area contributed by atoms with Crippen LogP contribution in [0.5, 0.6) is 17.2 Å². The molecule has 0 radical (unpaired) electrons. The molecule has 1 amide bonds. The Kier molecular flexibility index (Phi) is 8.33. The number of rotatable bonds is 11. The van der Waals surface area contributed by atoms with Gasteiger partial charge in [0.15, 0.2) is 0 Å². The number of carbonyl (C=O) groups excluding carboxylic acids is 1. The molecule has 0 saturated heterocycles. The Bertz CT molecular complexity index is 796. The lowest BCUT2D eigenvalue weighted by Gasteiger charge is -2.21. The highest BCUT2D eigenvalue weighted by Crippen LogP contribution is 2.31. The molecule has 29 heavy (non-hydrogen) atoms. The standard InChI is InChI=1S/C22H27NO6/c1-4-11-29-17-7-5-15(6-8-17)22(23-20(24)9-10-21(25)26)16-12-18(27-2)14-19(13-16)28-3/h5-8,12-14,22H,4,9-11H2,1-3H3,(H,23,24)(H,25,26). The fraction of sp³-hybridized carbons (Fsp3) is 0.364. The van der Waals surface area contributed by atoms with Gasteiger partial charge >= 0.3 is 5.97 Å². The van der Waals surface area contributed by atoms with E-state index in [9.17, 15) is 9.59 Å². The zero-order valence-electron chi connectivity index (χ0n) is 16.9. The summed E-state index contributed by atoms with van der Waals surface area (Å²) >= 11 is 0. The quantitative estimate of drug-likeness (QED) is 0.598. The van der Waals surface area contributed by atoms with Crippen molar-refractivity contribution >= 4 is 11.9 Å². The zero-order chi connectivity index (χ0) is 21.2. The van der Waals surface area contributed by atoms with Crippen LogP contribution in [0.15, 0.2) is 42.5 Å². The molecule has 0 aromatic heterocycles. The number of hydrogen-bond donors (Lipinski definition) is 2. The molecule has 0 saturated carbocycles. The number of nitrogens with one attached hydrogen (secondary N) is 1. The molecule has 1 atom stereocenters. The monoisotopic (exact) mass is 401 g/mol. The minimum atomic E-state index is -1.02. The first-order valence-electron chi connectivity index (χ1n) is 9.43. The summed E-state index contributed by atoms with van der Waals surface area (Å²) in [6.45, 7) is 2.66. The smallest absolute Gasteiger partial charge is 0.303 e. The number of carboxylic acids is 1. The first kappa shape index (κ1) is 22.1. The third kappa shape index (κ3) is 6.71. The Hall–Kier alpha value is -3.22. The van der Waals surface area contributed by atoms with Crippen LogP contribution in [0, 0.1) is 0 Å². The second kappa shape index (κ2) is 10.9. The van der Waals surface area contributed by atoms with Gasteiger partial charge in [-0.3, -0.25) is 9.59 Å². The summed E-state index contributed by atoms with van der Waals surface area (Å²) < 4.78 is 16.3. The van der Waals surface area contributed by atoms with E-state index in [1.54, 1.807) is 20.3 Å². The molecule has 7 nitrogen and oxygen atoms in total. The molecular weight excluding hydrogens is 374 g/mol. The Morgan fingerprint density at radius 2 is 1.55 bits per heavy atom. The molecule has 2 N–H and O–H groups in total. The van der Waals surface area contributed by atoms with Gasteiger partial charge in [-0.15, -0.1) is 0 Å². The van der Waals surface area contributed by atoms with E-state index in [1.165, 1.54) is 0 Å². The Morgan fingerprint density at radius 1 is 0.931 bits per heavy atom. The topological polar surface area (TPSA) is 94.1 Å². The van der Waals surface area contributed by atoms with Crippen molar-refractivity contribution in [2.24, 2.45) is 0 Å². The van der Waals surface area contributed by atoms with Crippen molar-refractivity contribution in [3.8, 4) is 17.2 Å². The summed E-state index contributed by atoms with van der Waals surface area (Å²) in [6.07, 6.45) is 0.571. The SMILES string of the molecule is CCCOc1ccc(C(NC(=O)CCC(=O)O)c2cc(OC)cc(OC)c2)cc1. The van der Waals surface area contributed by atoms with E-state index in [2.05, 4.69) is 5.32 Å². The highest BCUT2D eigenvalue weighted by Gasteiger charge is 2.19. The van der Waals surface area contributed by atoms with Crippen LogP contribution in [0.4, 0.5) is 0 Å². The van der Waals surface area contributed by atoms with Gasteiger partial charge in [-0.1, -0.05) is 19.1 Å². The Labute approximate surface area is 170 Å². The van der Waals surface area contributed by atoms with Gasteiger partial charge in [-0.25, -0.2) is 0 Å². The van der Waals surface area contributed by atoms with E-state index < -0.39 is 12.0 Å². The van der Waals surface area contributed by atoms with E-state index in [0.29, 0.717) is 18.1 Å². The van der Waals surface area contributed by atoms with Crippen LogP contribution >= 0.6 is 0 Å². The van der Waals surface area contributed by atoms with Crippen LogP contribution in [-0.2, 0) is 9.59 Å². The van der Waals surface area contributed by atoms with Gasteiger partial charge in [0.2, 0.25) is 5.91 Å². The highest BCUT2D eigenvalue weighted by molar-refractivity contribution is 5.81. The first-order valence-corrected chi connectivity index (χ1v) is 9.43. The van der Waals surface area contributed by atoms with Crippen molar-refractivity contribution in [2.75, 3.05) is 20.8 Å². The number of benzene rings is 2. The van der Waals surface area contributed by atoms with Gasteiger partial charge in [0.1, 0.15) is 17.2 Å². The fourth-order valence-electron chi connectivity index (χ4n) is 2.79. The number of carboxylic acid groups (broad SMARTS) is 1. The van der Waals surface area contributed by atoms with Crippen molar-refractivity contribution in [3.05, 3.63) is 53.6 Å². The van der Waals surface area contributed by atoms with Crippen LogP contribution in [-0.4, -0.2) is 37.8 Å². The van der Waals surface area contributed by atoms with E-state index >= 15 is 0 Å². The van der Waals surface area contributed by atoms with Gasteiger partial charge < -0.3 is 24.6 Å². The molecule has 0 aliphatic heterocycles. The largest absolute Gasteiger partial charge is 0.497 e. The molecule has 2 aromatic rings. The molecule has 0 spiro atoms. The Balaban J connectivity index is 2.35. The normalized spacial score (nSPS) is 11.4. The average molecular weight is 401 g/mol. The first-order chi connectivity index (χ1) is 14.0. The molecule has 1 unspecified atom stereocenters. The lowest BCUT2D eigenvalue weighted by Crippen LogP contribution is -2.29. The summed E-state index contributed by atoms with van der Waals surface area (Å²) in [7, 11) is 3.11. The van der Waals surface area contributed by atoms with Gasteiger partial charge in [0.25, 0.3) is 0 Å².